The largest absolute Gasteiger partial charge is 0.343 e. The maximum absolute atomic E-state index is 13.9. The van der Waals surface area contributed by atoms with Gasteiger partial charge >= 0.3 is 0 Å². The van der Waals surface area contributed by atoms with E-state index in [2.05, 4.69) is 44.7 Å². The van der Waals surface area contributed by atoms with Crippen LogP contribution in [0.2, 0.25) is 0 Å². The Labute approximate surface area is 199 Å². The van der Waals surface area contributed by atoms with Gasteiger partial charge in [-0.1, -0.05) is 43.5 Å². The second-order valence-corrected chi connectivity index (χ2v) is 10.3. The third-order valence-electron chi connectivity index (χ3n) is 8.15. The number of carbonyl (C=O) groups is 2. The van der Waals surface area contributed by atoms with Crippen LogP contribution in [0.25, 0.3) is 0 Å². The van der Waals surface area contributed by atoms with Gasteiger partial charge in [0, 0.05) is 32.2 Å². The minimum absolute atomic E-state index is 0.0672. The molecule has 2 amide bonds. The predicted octanol–water partition coefficient (Wildman–Crippen LogP) is 2.75. The van der Waals surface area contributed by atoms with Crippen LogP contribution in [0.5, 0.6) is 0 Å². The smallest absolute Gasteiger partial charge is 0.245 e. The third kappa shape index (κ3) is 5.96. The number of likely N-dealkylation sites (N-methyl/N-ethyl adjacent to an activating group) is 1. The van der Waals surface area contributed by atoms with Crippen LogP contribution in [-0.2, 0) is 22.4 Å². The van der Waals surface area contributed by atoms with Gasteiger partial charge in [-0.3, -0.25) is 9.59 Å². The number of fused-ring (bicyclic) bond motifs is 1. The van der Waals surface area contributed by atoms with Crippen molar-refractivity contribution in [1.29, 1.82) is 0 Å². The summed E-state index contributed by atoms with van der Waals surface area (Å²) in [5, 5.41) is 6.17. The molecular formula is C27H42N4O2. The van der Waals surface area contributed by atoms with Gasteiger partial charge in [0.05, 0.1) is 6.04 Å². The Morgan fingerprint density at radius 2 is 1.64 bits per heavy atom. The minimum Gasteiger partial charge on any atom is -0.343 e. The first kappa shape index (κ1) is 24.2. The Morgan fingerprint density at radius 1 is 0.970 bits per heavy atom. The van der Waals surface area contributed by atoms with Crippen molar-refractivity contribution in [3.8, 4) is 0 Å². The highest BCUT2D eigenvalue weighted by molar-refractivity contribution is 5.90. The SMILES string of the molecule is CNC(C)C(=O)N[C@H](C(=O)N1CCCC1CN1CCc2ccccc2CC1)C1CCCCC1. The third-order valence-corrected chi connectivity index (χ3v) is 8.15. The summed E-state index contributed by atoms with van der Waals surface area (Å²) in [6.45, 7) is 5.72. The fourth-order valence-electron chi connectivity index (χ4n) is 5.95. The maximum Gasteiger partial charge on any atom is 0.245 e. The standard InChI is InChI=1S/C27H42N4O2/c1-20(28-2)26(32)29-25(23-11-4-3-5-12-23)27(33)31-16-8-13-24(31)19-30-17-14-21-9-6-7-10-22(21)15-18-30/h6-7,9-10,20,23-25,28H,3-5,8,11-19H2,1-2H3,(H,29,32)/t20?,24?,25-/m0/s1. The van der Waals surface area contributed by atoms with E-state index in [9.17, 15) is 9.59 Å². The molecule has 33 heavy (non-hydrogen) atoms. The van der Waals surface area contributed by atoms with E-state index >= 15 is 0 Å². The van der Waals surface area contributed by atoms with E-state index in [1.54, 1.807) is 7.05 Å². The molecule has 1 saturated heterocycles. The van der Waals surface area contributed by atoms with Crippen LogP contribution in [-0.4, -0.2) is 73.0 Å². The zero-order valence-corrected chi connectivity index (χ0v) is 20.5. The molecule has 1 saturated carbocycles. The molecule has 1 aromatic carbocycles. The second-order valence-electron chi connectivity index (χ2n) is 10.3. The zero-order valence-electron chi connectivity index (χ0n) is 20.5. The van der Waals surface area contributed by atoms with Crippen LogP contribution < -0.4 is 10.6 Å². The van der Waals surface area contributed by atoms with Gasteiger partial charge in [0.15, 0.2) is 0 Å². The molecule has 1 aliphatic carbocycles. The fraction of sp³-hybridized carbons (Fsp3) is 0.704. The van der Waals surface area contributed by atoms with Gasteiger partial charge in [0.25, 0.3) is 0 Å². The predicted molar refractivity (Wildman–Crippen MR) is 132 cm³/mol. The number of likely N-dealkylation sites (tertiary alicyclic amines) is 1. The normalized spacial score (nSPS) is 24.1. The number of carbonyl (C=O) groups excluding carboxylic acids is 2. The van der Waals surface area contributed by atoms with E-state index in [-0.39, 0.29) is 35.9 Å². The van der Waals surface area contributed by atoms with E-state index < -0.39 is 0 Å². The average molecular weight is 455 g/mol. The van der Waals surface area contributed by atoms with Gasteiger partial charge in [-0.15, -0.1) is 0 Å². The highest BCUT2D eigenvalue weighted by Gasteiger charge is 2.39. The first-order chi connectivity index (χ1) is 16.1. The number of rotatable bonds is 7. The summed E-state index contributed by atoms with van der Waals surface area (Å²) in [5.74, 6) is 0.342. The summed E-state index contributed by atoms with van der Waals surface area (Å²) in [5.41, 5.74) is 2.94. The molecule has 182 valence electrons. The number of hydrogen-bond acceptors (Lipinski definition) is 4. The molecule has 0 aromatic heterocycles. The minimum atomic E-state index is -0.386. The lowest BCUT2D eigenvalue weighted by atomic mass is 9.83. The molecule has 0 radical (unpaired) electrons. The van der Waals surface area contributed by atoms with Crippen molar-refractivity contribution in [2.24, 2.45) is 5.92 Å². The molecule has 4 rings (SSSR count). The zero-order chi connectivity index (χ0) is 23.2. The Kier molecular flexibility index (Phi) is 8.42. The summed E-state index contributed by atoms with van der Waals surface area (Å²) >= 11 is 0. The highest BCUT2D eigenvalue weighted by atomic mass is 16.2. The summed E-state index contributed by atoms with van der Waals surface area (Å²) in [7, 11) is 1.79. The van der Waals surface area contributed by atoms with E-state index in [0.29, 0.717) is 0 Å². The summed E-state index contributed by atoms with van der Waals surface area (Å²) in [4.78, 5) is 31.3. The van der Waals surface area contributed by atoms with E-state index in [1.165, 1.54) is 17.5 Å². The molecule has 6 heteroatoms. The molecule has 2 fully saturated rings. The molecular weight excluding hydrogens is 412 g/mol. The average Bonchev–Trinajstić information content (AvgIpc) is 3.22. The summed E-state index contributed by atoms with van der Waals surface area (Å²) < 4.78 is 0. The second kappa shape index (κ2) is 11.5. The maximum atomic E-state index is 13.9. The van der Waals surface area contributed by atoms with Crippen LogP contribution in [0.1, 0.15) is 63.0 Å². The van der Waals surface area contributed by atoms with Crippen LogP contribution in [0, 0.1) is 5.92 Å². The van der Waals surface area contributed by atoms with Crippen molar-refractivity contribution in [1.82, 2.24) is 20.4 Å². The lowest BCUT2D eigenvalue weighted by molar-refractivity contribution is -0.139. The topological polar surface area (TPSA) is 64.7 Å². The molecule has 2 aliphatic heterocycles. The Hall–Kier alpha value is -1.92. The Morgan fingerprint density at radius 3 is 2.27 bits per heavy atom. The van der Waals surface area contributed by atoms with E-state index in [4.69, 9.17) is 0 Å². The highest BCUT2D eigenvalue weighted by Crippen LogP contribution is 2.30. The van der Waals surface area contributed by atoms with Gasteiger partial charge in [0.1, 0.15) is 6.04 Å². The van der Waals surface area contributed by atoms with Gasteiger partial charge in [-0.25, -0.2) is 0 Å². The van der Waals surface area contributed by atoms with Crippen molar-refractivity contribution in [3.05, 3.63) is 35.4 Å². The van der Waals surface area contributed by atoms with Crippen molar-refractivity contribution >= 4 is 11.8 Å². The monoisotopic (exact) mass is 454 g/mol. The van der Waals surface area contributed by atoms with Crippen LogP contribution in [0.3, 0.4) is 0 Å². The van der Waals surface area contributed by atoms with Crippen molar-refractivity contribution in [2.45, 2.75) is 82.8 Å². The first-order valence-electron chi connectivity index (χ1n) is 13.1. The molecule has 2 heterocycles. The molecule has 1 aromatic rings. The molecule has 3 aliphatic rings. The van der Waals surface area contributed by atoms with Gasteiger partial charge in [-0.2, -0.15) is 0 Å². The first-order valence-corrected chi connectivity index (χ1v) is 13.1. The summed E-state index contributed by atoms with van der Waals surface area (Å²) in [6, 6.07) is 8.37. The van der Waals surface area contributed by atoms with Crippen molar-refractivity contribution in [3.63, 3.8) is 0 Å². The van der Waals surface area contributed by atoms with Crippen LogP contribution in [0.4, 0.5) is 0 Å². The Balaban J connectivity index is 1.42. The quantitative estimate of drug-likeness (QED) is 0.665. The van der Waals surface area contributed by atoms with Crippen LogP contribution >= 0.6 is 0 Å². The van der Waals surface area contributed by atoms with Crippen molar-refractivity contribution < 1.29 is 9.59 Å². The van der Waals surface area contributed by atoms with Gasteiger partial charge < -0.3 is 20.4 Å². The summed E-state index contributed by atoms with van der Waals surface area (Å²) in [6.07, 6.45) is 9.91. The van der Waals surface area contributed by atoms with Crippen molar-refractivity contribution in [2.75, 3.05) is 33.2 Å². The number of benzene rings is 1. The van der Waals surface area contributed by atoms with Gasteiger partial charge in [0.2, 0.25) is 11.8 Å². The van der Waals surface area contributed by atoms with Gasteiger partial charge in [-0.05, 0) is 69.5 Å². The van der Waals surface area contributed by atoms with E-state index in [0.717, 1.165) is 77.5 Å². The molecule has 3 atom stereocenters. The molecule has 6 nitrogen and oxygen atoms in total. The molecule has 2 unspecified atom stereocenters. The fourth-order valence-corrected chi connectivity index (χ4v) is 5.95. The lowest BCUT2D eigenvalue weighted by Gasteiger charge is -2.36. The number of hydrogen-bond donors (Lipinski definition) is 2. The van der Waals surface area contributed by atoms with E-state index in [1.807, 2.05) is 6.92 Å². The number of nitrogens with one attached hydrogen (secondary N) is 2. The molecule has 0 spiro atoms. The molecule has 0 bridgehead atoms. The lowest BCUT2D eigenvalue weighted by Crippen LogP contribution is -2.57. The van der Waals surface area contributed by atoms with Crippen LogP contribution in [0.15, 0.2) is 24.3 Å². The number of amides is 2. The molecule has 2 N–H and O–H groups in total. The Bertz CT molecular complexity index is 780. The number of nitrogens with zero attached hydrogens (tertiary/aromatic N) is 2.